The standard InChI is InChI=1S/C30H28FN3O5S2.ClH/c1-2-39-30(36)27-25-16-17-34(18-20-6-4-3-5-7-20)19-26(25)40-29(27)32-28(35)21-8-12-23(13-9-21)33-41(37,38)24-14-10-22(31)11-15-24;/h3-15,33H,2,16-19H2,1H3,(H,32,35);1H. The summed E-state index contributed by atoms with van der Waals surface area (Å²) in [4.78, 5) is 29.3. The van der Waals surface area contributed by atoms with Crippen LogP contribution in [0.1, 0.15) is 43.6 Å². The first-order chi connectivity index (χ1) is 19.7. The van der Waals surface area contributed by atoms with Crippen molar-refractivity contribution in [1.82, 2.24) is 4.90 Å². The summed E-state index contributed by atoms with van der Waals surface area (Å²) in [6, 6.07) is 20.5. The minimum atomic E-state index is -3.93. The zero-order chi connectivity index (χ0) is 29.0. The normalized spacial score (nSPS) is 13.0. The number of rotatable bonds is 9. The first-order valence-corrected chi connectivity index (χ1v) is 15.3. The van der Waals surface area contributed by atoms with Crippen LogP contribution >= 0.6 is 23.7 Å². The van der Waals surface area contributed by atoms with Crippen LogP contribution in [0.15, 0.2) is 83.8 Å². The van der Waals surface area contributed by atoms with Crippen LogP contribution in [-0.2, 0) is 34.3 Å². The Morgan fingerprint density at radius 2 is 1.69 bits per heavy atom. The third kappa shape index (κ3) is 7.16. The fourth-order valence-electron chi connectivity index (χ4n) is 4.63. The number of benzene rings is 3. The smallest absolute Gasteiger partial charge is 0.341 e. The van der Waals surface area contributed by atoms with Gasteiger partial charge in [0, 0.05) is 35.8 Å². The van der Waals surface area contributed by atoms with Crippen molar-refractivity contribution >= 4 is 56.3 Å². The third-order valence-electron chi connectivity index (χ3n) is 6.61. The van der Waals surface area contributed by atoms with Crippen LogP contribution in [0.5, 0.6) is 0 Å². The van der Waals surface area contributed by atoms with E-state index in [1.807, 2.05) is 18.2 Å². The molecule has 0 radical (unpaired) electrons. The van der Waals surface area contributed by atoms with Crippen LogP contribution in [0, 0.1) is 5.82 Å². The maximum atomic E-state index is 13.2. The molecule has 12 heteroatoms. The molecule has 2 heterocycles. The lowest BCUT2D eigenvalue weighted by atomic mass is 10.0. The van der Waals surface area contributed by atoms with E-state index in [1.54, 1.807) is 6.92 Å². The number of halogens is 2. The summed E-state index contributed by atoms with van der Waals surface area (Å²) in [7, 11) is -3.93. The molecular weight excluding hydrogens is 601 g/mol. The third-order valence-corrected chi connectivity index (χ3v) is 9.14. The lowest BCUT2D eigenvalue weighted by Crippen LogP contribution is -2.29. The van der Waals surface area contributed by atoms with Crippen LogP contribution in [0.4, 0.5) is 15.1 Å². The Morgan fingerprint density at radius 1 is 1.00 bits per heavy atom. The number of hydrogen-bond acceptors (Lipinski definition) is 7. The Balaban J connectivity index is 0.00000405. The van der Waals surface area contributed by atoms with E-state index in [0.29, 0.717) is 23.5 Å². The molecular formula is C30H29ClFN3O5S2. The first kappa shape index (κ1) is 31.2. The van der Waals surface area contributed by atoms with E-state index in [9.17, 15) is 22.4 Å². The SMILES string of the molecule is CCOC(=O)c1c(NC(=O)c2ccc(NS(=O)(=O)c3ccc(F)cc3)cc2)sc2c1CCN(Cc1ccccc1)C2.Cl. The first-order valence-electron chi connectivity index (χ1n) is 13.0. The fraction of sp³-hybridized carbons (Fsp3) is 0.200. The van der Waals surface area contributed by atoms with Gasteiger partial charge < -0.3 is 10.1 Å². The van der Waals surface area contributed by atoms with Gasteiger partial charge in [0.05, 0.1) is 17.1 Å². The van der Waals surface area contributed by atoms with Gasteiger partial charge in [-0.15, -0.1) is 23.7 Å². The zero-order valence-corrected chi connectivity index (χ0v) is 25.1. The van der Waals surface area contributed by atoms with Crippen molar-refractivity contribution in [2.24, 2.45) is 0 Å². The van der Waals surface area contributed by atoms with Gasteiger partial charge in [-0.2, -0.15) is 0 Å². The molecule has 0 spiro atoms. The molecule has 2 N–H and O–H groups in total. The second kappa shape index (κ2) is 13.5. The van der Waals surface area contributed by atoms with E-state index in [4.69, 9.17) is 4.74 Å². The van der Waals surface area contributed by atoms with Crippen molar-refractivity contribution in [2.45, 2.75) is 31.3 Å². The van der Waals surface area contributed by atoms with Crippen LogP contribution < -0.4 is 10.0 Å². The number of nitrogens with zero attached hydrogens (tertiary/aromatic N) is 1. The summed E-state index contributed by atoms with van der Waals surface area (Å²) in [6.45, 7) is 4.16. The van der Waals surface area contributed by atoms with Gasteiger partial charge in [-0.3, -0.25) is 14.4 Å². The van der Waals surface area contributed by atoms with E-state index < -0.39 is 27.7 Å². The van der Waals surface area contributed by atoms with E-state index in [2.05, 4.69) is 27.1 Å². The zero-order valence-electron chi connectivity index (χ0n) is 22.6. The van der Waals surface area contributed by atoms with Crippen LogP contribution in [-0.4, -0.2) is 38.3 Å². The monoisotopic (exact) mass is 629 g/mol. The molecule has 3 aromatic carbocycles. The molecule has 0 unspecified atom stereocenters. The summed E-state index contributed by atoms with van der Waals surface area (Å²) < 4.78 is 46.1. The van der Waals surface area contributed by atoms with E-state index in [-0.39, 0.29) is 35.2 Å². The molecule has 5 rings (SSSR count). The average molecular weight is 630 g/mol. The molecule has 1 aliphatic rings. The van der Waals surface area contributed by atoms with Crippen molar-refractivity contribution in [3.05, 3.63) is 112 Å². The number of ether oxygens (including phenoxy) is 1. The molecule has 0 saturated heterocycles. The number of esters is 1. The number of sulfonamides is 1. The van der Waals surface area contributed by atoms with Gasteiger partial charge in [-0.25, -0.2) is 17.6 Å². The Morgan fingerprint density at radius 3 is 2.36 bits per heavy atom. The molecule has 42 heavy (non-hydrogen) atoms. The Hall–Kier alpha value is -3.77. The van der Waals surface area contributed by atoms with Crippen molar-refractivity contribution < 1.29 is 27.1 Å². The Kier molecular flexibility index (Phi) is 10.00. The maximum absolute atomic E-state index is 13.2. The summed E-state index contributed by atoms with van der Waals surface area (Å²) in [6.07, 6.45) is 0.658. The van der Waals surface area contributed by atoms with Gasteiger partial charge in [-0.1, -0.05) is 30.3 Å². The molecule has 4 aromatic rings. The molecule has 220 valence electrons. The Bertz CT molecular complexity index is 1660. The molecule has 1 aromatic heterocycles. The molecule has 0 saturated carbocycles. The number of thiophene rings is 1. The molecule has 8 nitrogen and oxygen atoms in total. The van der Waals surface area contributed by atoms with E-state index >= 15 is 0 Å². The largest absolute Gasteiger partial charge is 0.462 e. The van der Waals surface area contributed by atoms with Gasteiger partial charge in [-0.05, 0) is 73.0 Å². The number of amides is 1. The number of carbonyl (C=O) groups is 2. The van der Waals surface area contributed by atoms with Crippen molar-refractivity contribution in [3.63, 3.8) is 0 Å². The van der Waals surface area contributed by atoms with Gasteiger partial charge in [0.15, 0.2) is 0 Å². The molecule has 1 amide bonds. The number of anilines is 2. The topological polar surface area (TPSA) is 105 Å². The van der Waals surface area contributed by atoms with Crippen molar-refractivity contribution in [3.8, 4) is 0 Å². The highest BCUT2D eigenvalue weighted by Gasteiger charge is 2.30. The molecule has 0 bridgehead atoms. The Labute approximate surface area is 254 Å². The van der Waals surface area contributed by atoms with Gasteiger partial charge in [0.1, 0.15) is 10.8 Å². The lowest BCUT2D eigenvalue weighted by Gasteiger charge is -2.27. The van der Waals surface area contributed by atoms with Gasteiger partial charge in [0.2, 0.25) is 0 Å². The van der Waals surface area contributed by atoms with Crippen LogP contribution in [0.2, 0.25) is 0 Å². The second-order valence-electron chi connectivity index (χ2n) is 9.47. The van der Waals surface area contributed by atoms with Crippen LogP contribution in [0.3, 0.4) is 0 Å². The maximum Gasteiger partial charge on any atom is 0.341 e. The second-order valence-corrected chi connectivity index (χ2v) is 12.3. The molecule has 0 fully saturated rings. The predicted molar refractivity (Wildman–Crippen MR) is 163 cm³/mol. The average Bonchev–Trinajstić information content (AvgIpc) is 3.31. The summed E-state index contributed by atoms with van der Waals surface area (Å²) >= 11 is 1.37. The quantitative estimate of drug-likeness (QED) is 0.217. The molecule has 0 atom stereocenters. The highest BCUT2D eigenvalue weighted by molar-refractivity contribution is 7.92. The van der Waals surface area contributed by atoms with Gasteiger partial charge >= 0.3 is 5.97 Å². The number of nitrogens with one attached hydrogen (secondary N) is 2. The highest BCUT2D eigenvalue weighted by Crippen LogP contribution is 2.38. The summed E-state index contributed by atoms with van der Waals surface area (Å²) in [5, 5.41) is 3.30. The van der Waals surface area contributed by atoms with Crippen LogP contribution in [0.25, 0.3) is 0 Å². The predicted octanol–water partition coefficient (Wildman–Crippen LogP) is 6.10. The van der Waals surface area contributed by atoms with E-state index in [1.165, 1.54) is 53.3 Å². The number of carbonyl (C=O) groups excluding carboxylic acids is 2. The van der Waals surface area contributed by atoms with Gasteiger partial charge in [0.25, 0.3) is 15.9 Å². The molecule has 0 aliphatic carbocycles. The molecule has 1 aliphatic heterocycles. The summed E-state index contributed by atoms with van der Waals surface area (Å²) in [5.74, 6) is -1.45. The minimum absolute atomic E-state index is 0. The number of fused-ring (bicyclic) bond motifs is 1. The van der Waals surface area contributed by atoms with E-state index in [0.717, 1.165) is 35.7 Å². The lowest BCUT2D eigenvalue weighted by molar-refractivity contribution is 0.0526. The number of hydrogen-bond donors (Lipinski definition) is 2. The summed E-state index contributed by atoms with van der Waals surface area (Å²) in [5.41, 5.74) is 3.02. The fourth-order valence-corrected chi connectivity index (χ4v) is 6.96. The highest BCUT2D eigenvalue weighted by atomic mass is 35.5. The van der Waals surface area contributed by atoms with Crippen molar-refractivity contribution in [2.75, 3.05) is 23.2 Å². The van der Waals surface area contributed by atoms with Crippen molar-refractivity contribution in [1.29, 1.82) is 0 Å². The minimum Gasteiger partial charge on any atom is -0.462 e.